The second kappa shape index (κ2) is 10.2. The zero-order valence-corrected chi connectivity index (χ0v) is 18.0. The highest BCUT2D eigenvalue weighted by atomic mass is 16.5. The van der Waals surface area contributed by atoms with Crippen LogP contribution in [-0.2, 0) is 25.7 Å². The van der Waals surface area contributed by atoms with Crippen LogP contribution in [0.3, 0.4) is 0 Å². The quantitative estimate of drug-likeness (QED) is 0.496. The second-order valence-corrected chi connectivity index (χ2v) is 7.94. The molecule has 0 bridgehead atoms. The highest BCUT2D eigenvalue weighted by Gasteiger charge is 2.64. The van der Waals surface area contributed by atoms with Gasteiger partial charge in [-0.25, -0.2) is 0 Å². The molecule has 2 aromatic carbocycles. The summed E-state index contributed by atoms with van der Waals surface area (Å²) in [7, 11) is 0. The lowest BCUT2D eigenvalue weighted by atomic mass is 9.56. The van der Waals surface area contributed by atoms with Crippen molar-refractivity contribution in [2.75, 3.05) is 6.54 Å². The number of carbonyl (C=O) groups is 4. The third kappa shape index (κ3) is 5.14. The number of ether oxygens (including phenoxy) is 1. The van der Waals surface area contributed by atoms with Crippen LogP contribution in [0.25, 0.3) is 0 Å². The van der Waals surface area contributed by atoms with E-state index in [0.717, 1.165) is 5.56 Å². The maximum absolute atomic E-state index is 13.2. The number of nitrogens with zero attached hydrogens (tertiary/aromatic N) is 1. The summed E-state index contributed by atoms with van der Waals surface area (Å²) >= 11 is 0. The predicted octanol–water partition coefficient (Wildman–Crippen LogP) is 2.95. The maximum atomic E-state index is 13.2. The minimum atomic E-state index is -1.65. The first-order valence-electron chi connectivity index (χ1n) is 10.5. The molecule has 2 aromatic rings. The van der Waals surface area contributed by atoms with Gasteiger partial charge in [-0.1, -0.05) is 37.3 Å². The van der Waals surface area contributed by atoms with E-state index in [-0.39, 0.29) is 13.1 Å². The molecule has 9 nitrogen and oxygen atoms in total. The Balaban J connectivity index is 1.77. The van der Waals surface area contributed by atoms with Crippen LogP contribution < -0.4 is 4.74 Å². The van der Waals surface area contributed by atoms with Crippen molar-refractivity contribution in [2.45, 2.75) is 19.9 Å². The molecule has 9 heteroatoms. The molecule has 33 heavy (non-hydrogen) atoms. The van der Waals surface area contributed by atoms with E-state index in [0.29, 0.717) is 17.9 Å². The molecule has 3 rings (SSSR count). The molecule has 0 saturated heterocycles. The van der Waals surface area contributed by atoms with Crippen molar-refractivity contribution in [1.82, 2.24) is 4.90 Å². The van der Waals surface area contributed by atoms with Crippen molar-refractivity contribution in [1.29, 1.82) is 0 Å². The van der Waals surface area contributed by atoms with Crippen LogP contribution in [0.4, 0.5) is 0 Å². The van der Waals surface area contributed by atoms with Gasteiger partial charge < -0.3 is 25.0 Å². The monoisotopic (exact) mass is 455 g/mol. The summed E-state index contributed by atoms with van der Waals surface area (Å²) in [6.45, 7) is 2.24. The Bertz CT molecular complexity index is 999. The summed E-state index contributed by atoms with van der Waals surface area (Å²) in [5.41, 5.74) is 0.741. The summed E-state index contributed by atoms with van der Waals surface area (Å²) in [5.74, 6) is -10.2. The molecule has 1 aliphatic carbocycles. The van der Waals surface area contributed by atoms with E-state index >= 15 is 0 Å². The average molecular weight is 455 g/mol. The standard InChI is InChI=1S/C24H25NO8/c1-2-12-25(13-14-8-10-16(11-9-14)33-15-6-4-3-5-7-15)21(26)17-18(22(27)28)20(24(31)32)19(17)23(29)30/h3-11,17-20H,2,12-13H2,1H3,(H,27,28)(H,29,30)(H,31,32). The fraction of sp³-hybridized carbons (Fsp3) is 0.333. The van der Waals surface area contributed by atoms with Gasteiger partial charge in [0, 0.05) is 13.1 Å². The van der Waals surface area contributed by atoms with E-state index in [4.69, 9.17) is 4.74 Å². The van der Waals surface area contributed by atoms with Crippen LogP contribution in [-0.4, -0.2) is 50.6 Å². The number of hydrogen-bond donors (Lipinski definition) is 3. The number of rotatable bonds is 10. The van der Waals surface area contributed by atoms with Gasteiger partial charge in [-0.2, -0.15) is 0 Å². The van der Waals surface area contributed by atoms with Gasteiger partial charge in [0.1, 0.15) is 11.5 Å². The Kier molecular flexibility index (Phi) is 7.32. The topological polar surface area (TPSA) is 141 Å². The minimum Gasteiger partial charge on any atom is -0.481 e. The van der Waals surface area contributed by atoms with E-state index in [1.165, 1.54) is 4.90 Å². The van der Waals surface area contributed by atoms with Crippen LogP contribution in [0.5, 0.6) is 11.5 Å². The van der Waals surface area contributed by atoms with Crippen LogP contribution in [0.2, 0.25) is 0 Å². The Morgan fingerprint density at radius 1 is 0.758 bits per heavy atom. The van der Waals surface area contributed by atoms with Crippen LogP contribution in [0, 0.1) is 23.7 Å². The molecule has 174 valence electrons. The zero-order chi connectivity index (χ0) is 24.1. The molecule has 0 aliphatic heterocycles. The summed E-state index contributed by atoms with van der Waals surface area (Å²) < 4.78 is 5.75. The first-order valence-corrected chi connectivity index (χ1v) is 10.5. The van der Waals surface area contributed by atoms with E-state index in [1.807, 2.05) is 37.3 Å². The van der Waals surface area contributed by atoms with Crippen molar-refractivity contribution < 1.29 is 39.2 Å². The molecular weight excluding hydrogens is 430 g/mol. The number of amides is 1. The summed E-state index contributed by atoms with van der Waals surface area (Å²) in [4.78, 5) is 49.4. The fourth-order valence-electron chi connectivity index (χ4n) is 4.23. The molecular formula is C24H25NO8. The molecule has 0 heterocycles. The van der Waals surface area contributed by atoms with E-state index in [2.05, 4.69) is 0 Å². The highest BCUT2D eigenvalue weighted by molar-refractivity contribution is 5.98. The van der Waals surface area contributed by atoms with Gasteiger partial charge in [0.2, 0.25) is 5.91 Å². The van der Waals surface area contributed by atoms with Gasteiger partial charge in [-0.15, -0.1) is 0 Å². The highest BCUT2D eigenvalue weighted by Crippen LogP contribution is 2.48. The van der Waals surface area contributed by atoms with Gasteiger partial charge in [0.15, 0.2) is 0 Å². The molecule has 1 aliphatic rings. The second-order valence-electron chi connectivity index (χ2n) is 7.94. The molecule has 2 atom stereocenters. The molecule has 1 fully saturated rings. The lowest BCUT2D eigenvalue weighted by Crippen LogP contribution is -2.62. The van der Waals surface area contributed by atoms with Gasteiger partial charge in [-0.3, -0.25) is 19.2 Å². The minimum absolute atomic E-state index is 0.130. The zero-order valence-electron chi connectivity index (χ0n) is 18.0. The fourth-order valence-corrected chi connectivity index (χ4v) is 4.23. The van der Waals surface area contributed by atoms with Crippen molar-refractivity contribution >= 4 is 23.8 Å². The van der Waals surface area contributed by atoms with Gasteiger partial charge in [-0.05, 0) is 36.2 Å². The van der Waals surface area contributed by atoms with Crippen LogP contribution in [0.15, 0.2) is 54.6 Å². The van der Waals surface area contributed by atoms with Crippen LogP contribution in [0.1, 0.15) is 18.9 Å². The first-order chi connectivity index (χ1) is 15.7. The van der Waals surface area contributed by atoms with E-state index < -0.39 is 47.5 Å². The third-order valence-electron chi connectivity index (χ3n) is 5.77. The smallest absolute Gasteiger partial charge is 0.308 e. The van der Waals surface area contributed by atoms with Gasteiger partial charge in [0.05, 0.1) is 23.7 Å². The molecule has 2 unspecified atom stereocenters. The Hall–Kier alpha value is -3.88. The number of carboxylic acid groups (broad SMARTS) is 3. The molecule has 3 N–H and O–H groups in total. The van der Waals surface area contributed by atoms with E-state index in [1.54, 1.807) is 24.3 Å². The molecule has 0 aromatic heterocycles. The average Bonchev–Trinajstić information content (AvgIpc) is 2.74. The van der Waals surface area contributed by atoms with Crippen molar-refractivity contribution in [3.05, 3.63) is 60.2 Å². The third-order valence-corrected chi connectivity index (χ3v) is 5.77. The Labute approximate surface area is 190 Å². The van der Waals surface area contributed by atoms with Gasteiger partial charge in [0.25, 0.3) is 0 Å². The SMILES string of the molecule is CCCN(Cc1ccc(Oc2ccccc2)cc1)C(=O)C1C(C(=O)O)C(C(=O)O)C1C(=O)O. The number of para-hydroxylation sites is 1. The lowest BCUT2D eigenvalue weighted by molar-refractivity contribution is -0.189. The van der Waals surface area contributed by atoms with Gasteiger partial charge >= 0.3 is 17.9 Å². The number of carboxylic acids is 3. The lowest BCUT2D eigenvalue weighted by Gasteiger charge is -2.45. The number of hydrogen-bond acceptors (Lipinski definition) is 5. The number of aliphatic carboxylic acids is 3. The number of carbonyl (C=O) groups excluding carboxylic acids is 1. The normalized spacial score (nSPS) is 21.5. The Morgan fingerprint density at radius 2 is 1.24 bits per heavy atom. The molecule has 0 radical (unpaired) electrons. The predicted molar refractivity (Wildman–Crippen MR) is 116 cm³/mol. The molecule has 1 amide bonds. The number of benzene rings is 2. The summed E-state index contributed by atoms with van der Waals surface area (Å²) in [5, 5.41) is 28.3. The maximum Gasteiger partial charge on any atom is 0.308 e. The van der Waals surface area contributed by atoms with Crippen molar-refractivity contribution in [3.8, 4) is 11.5 Å². The van der Waals surface area contributed by atoms with Crippen molar-refractivity contribution in [2.24, 2.45) is 23.7 Å². The summed E-state index contributed by atoms with van der Waals surface area (Å²) in [6.07, 6.45) is 0.561. The largest absolute Gasteiger partial charge is 0.481 e. The summed E-state index contributed by atoms with van der Waals surface area (Å²) in [6, 6.07) is 16.2. The first kappa shape index (κ1) is 23.8. The molecule has 0 spiro atoms. The Morgan fingerprint density at radius 3 is 1.73 bits per heavy atom. The van der Waals surface area contributed by atoms with Crippen LogP contribution >= 0.6 is 0 Å². The van der Waals surface area contributed by atoms with E-state index in [9.17, 15) is 34.5 Å². The van der Waals surface area contributed by atoms with Crippen molar-refractivity contribution in [3.63, 3.8) is 0 Å². The molecule has 1 saturated carbocycles.